The Morgan fingerprint density at radius 1 is 0.765 bits per heavy atom. The summed E-state index contributed by atoms with van der Waals surface area (Å²) in [6, 6.07) is 9.13. The number of nitrogens with two attached hydrogens (primary N) is 2. The van der Waals surface area contributed by atoms with Crippen molar-refractivity contribution in [3.63, 3.8) is 0 Å². The van der Waals surface area contributed by atoms with Crippen LogP contribution in [0.2, 0.25) is 0 Å². The highest BCUT2D eigenvalue weighted by Crippen LogP contribution is 2.13. The lowest BCUT2D eigenvalue weighted by Crippen LogP contribution is -2.55. The number of carboxylic acid groups (broad SMARTS) is 1. The molecule has 0 aromatic heterocycles. The molecule has 3 atom stereocenters. The molecular formula is C24H32N4O6. The van der Waals surface area contributed by atoms with Crippen LogP contribution in [0.1, 0.15) is 30.4 Å². The first-order valence-electron chi connectivity index (χ1n) is 11.0. The van der Waals surface area contributed by atoms with Crippen molar-refractivity contribution in [2.24, 2.45) is 11.5 Å². The number of amides is 2. The van der Waals surface area contributed by atoms with Crippen molar-refractivity contribution in [1.82, 2.24) is 10.6 Å². The molecule has 184 valence electrons. The maximum Gasteiger partial charge on any atom is 0.326 e. The van der Waals surface area contributed by atoms with E-state index in [-0.39, 0.29) is 30.8 Å². The standard InChI is InChI=1S/C24H32N4O6/c25-12-2-1-3-20(27-22(31)19(26)13-15-4-8-17(29)9-5-15)23(32)28-21(24(33)34)14-16-6-10-18(30)11-7-16/h4-11,19-21,29-30H,1-3,12-14,25-26H2,(H,27,31)(H,28,32)(H,33,34)/t19-,20-,21-/m0/s1. The third-order valence-electron chi connectivity index (χ3n) is 5.30. The summed E-state index contributed by atoms with van der Waals surface area (Å²) >= 11 is 0. The van der Waals surface area contributed by atoms with Crippen molar-refractivity contribution in [3.8, 4) is 11.5 Å². The van der Waals surface area contributed by atoms with Crippen LogP contribution in [0.25, 0.3) is 0 Å². The zero-order valence-corrected chi connectivity index (χ0v) is 18.8. The van der Waals surface area contributed by atoms with Crippen LogP contribution in [0.15, 0.2) is 48.5 Å². The highest BCUT2D eigenvalue weighted by molar-refractivity contribution is 5.91. The second kappa shape index (κ2) is 13.2. The van der Waals surface area contributed by atoms with E-state index in [2.05, 4.69) is 10.6 Å². The number of hydrogen-bond acceptors (Lipinski definition) is 7. The van der Waals surface area contributed by atoms with E-state index < -0.39 is 35.9 Å². The molecule has 2 amide bonds. The average molecular weight is 473 g/mol. The van der Waals surface area contributed by atoms with Gasteiger partial charge in [0.15, 0.2) is 0 Å². The van der Waals surface area contributed by atoms with Crippen LogP contribution >= 0.6 is 0 Å². The van der Waals surface area contributed by atoms with Crippen molar-refractivity contribution < 1.29 is 29.7 Å². The van der Waals surface area contributed by atoms with Gasteiger partial charge >= 0.3 is 5.97 Å². The van der Waals surface area contributed by atoms with Crippen LogP contribution in [0.3, 0.4) is 0 Å². The number of carboxylic acids is 1. The number of aromatic hydroxyl groups is 2. The van der Waals surface area contributed by atoms with E-state index in [9.17, 15) is 29.7 Å². The number of benzene rings is 2. The number of nitrogens with one attached hydrogen (secondary N) is 2. The van der Waals surface area contributed by atoms with Gasteiger partial charge in [0.05, 0.1) is 6.04 Å². The smallest absolute Gasteiger partial charge is 0.326 e. The number of hydrogen-bond donors (Lipinski definition) is 7. The summed E-state index contributed by atoms with van der Waals surface area (Å²) in [6.07, 6.45) is 1.66. The number of phenolic OH excluding ortho intramolecular Hbond substituents is 2. The van der Waals surface area contributed by atoms with Gasteiger partial charge in [-0.25, -0.2) is 4.79 Å². The molecule has 0 radical (unpaired) electrons. The Hall–Kier alpha value is -3.63. The van der Waals surface area contributed by atoms with Gasteiger partial charge in [0.1, 0.15) is 23.6 Å². The van der Waals surface area contributed by atoms with Crippen LogP contribution < -0.4 is 22.1 Å². The molecule has 0 saturated heterocycles. The van der Waals surface area contributed by atoms with E-state index >= 15 is 0 Å². The first-order chi connectivity index (χ1) is 16.2. The number of carbonyl (C=O) groups is 3. The Morgan fingerprint density at radius 3 is 1.76 bits per heavy atom. The maximum absolute atomic E-state index is 12.9. The van der Waals surface area contributed by atoms with Crippen molar-refractivity contribution in [2.45, 2.75) is 50.2 Å². The Kier molecular flexibility index (Phi) is 10.3. The molecule has 34 heavy (non-hydrogen) atoms. The van der Waals surface area contributed by atoms with Gasteiger partial charge in [0.25, 0.3) is 0 Å². The summed E-state index contributed by atoms with van der Waals surface area (Å²) in [4.78, 5) is 37.3. The third-order valence-corrected chi connectivity index (χ3v) is 5.30. The van der Waals surface area contributed by atoms with Crippen LogP contribution in [-0.2, 0) is 27.2 Å². The van der Waals surface area contributed by atoms with E-state index in [0.29, 0.717) is 24.9 Å². The van der Waals surface area contributed by atoms with Crippen LogP contribution in [-0.4, -0.2) is 57.8 Å². The predicted molar refractivity (Wildman–Crippen MR) is 126 cm³/mol. The summed E-state index contributed by atoms with van der Waals surface area (Å²) in [6.45, 7) is 0.418. The highest BCUT2D eigenvalue weighted by Gasteiger charge is 2.28. The lowest BCUT2D eigenvalue weighted by Gasteiger charge is -2.23. The molecule has 0 spiro atoms. The first-order valence-corrected chi connectivity index (χ1v) is 11.0. The van der Waals surface area contributed by atoms with Crippen LogP contribution in [0.4, 0.5) is 0 Å². The first kappa shape index (κ1) is 26.6. The van der Waals surface area contributed by atoms with Gasteiger partial charge in [-0.1, -0.05) is 24.3 Å². The van der Waals surface area contributed by atoms with Gasteiger partial charge in [0.2, 0.25) is 11.8 Å². The fraction of sp³-hybridized carbons (Fsp3) is 0.375. The summed E-state index contributed by atoms with van der Waals surface area (Å²) in [5, 5.41) is 33.5. The van der Waals surface area contributed by atoms with Crippen molar-refractivity contribution in [1.29, 1.82) is 0 Å². The van der Waals surface area contributed by atoms with E-state index in [4.69, 9.17) is 11.5 Å². The van der Waals surface area contributed by atoms with Gasteiger partial charge in [-0.2, -0.15) is 0 Å². The topological polar surface area (TPSA) is 188 Å². The molecule has 10 heteroatoms. The minimum absolute atomic E-state index is 0.00514. The zero-order chi connectivity index (χ0) is 25.1. The van der Waals surface area contributed by atoms with Gasteiger partial charge in [-0.05, 0) is 67.6 Å². The van der Waals surface area contributed by atoms with E-state index in [1.807, 2.05) is 0 Å². The molecule has 0 bridgehead atoms. The monoisotopic (exact) mass is 472 g/mol. The number of phenols is 2. The predicted octanol–water partition coefficient (Wildman–Crippen LogP) is 0.394. The number of carbonyl (C=O) groups excluding carboxylic acids is 2. The quantitative estimate of drug-likeness (QED) is 0.204. The number of aliphatic carboxylic acids is 1. The second-order valence-electron chi connectivity index (χ2n) is 8.09. The molecule has 0 heterocycles. The Bertz CT molecular complexity index is 949. The molecule has 0 aliphatic carbocycles. The number of unbranched alkanes of at least 4 members (excludes halogenated alkanes) is 1. The number of rotatable bonds is 13. The SMILES string of the molecule is NCCCC[C@H](NC(=O)[C@@H](N)Cc1ccc(O)cc1)C(=O)N[C@@H](Cc1ccc(O)cc1)C(=O)O. The van der Waals surface area contributed by atoms with Crippen LogP contribution in [0.5, 0.6) is 11.5 Å². The van der Waals surface area contributed by atoms with E-state index in [0.717, 1.165) is 5.56 Å². The Labute approximate surface area is 198 Å². The van der Waals surface area contributed by atoms with Crippen LogP contribution in [0, 0.1) is 0 Å². The average Bonchev–Trinajstić information content (AvgIpc) is 2.80. The summed E-state index contributed by atoms with van der Waals surface area (Å²) in [5.74, 6) is -2.26. The molecule has 2 aromatic rings. The minimum atomic E-state index is -1.23. The third kappa shape index (κ3) is 8.72. The Balaban J connectivity index is 2.05. The molecular weight excluding hydrogens is 440 g/mol. The minimum Gasteiger partial charge on any atom is -0.508 e. The van der Waals surface area contributed by atoms with Gasteiger partial charge in [-0.3, -0.25) is 9.59 Å². The molecule has 0 saturated carbocycles. The summed E-state index contributed by atoms with van der Waals surface area (Å²) in [7, 11) is 0. The maximum atomic E-state index is 12.9. The molecule has 0 aliphatic rings. The lowest BCUT2D eigenvalue weighted by atomic mass is 10.0. The molecule has 0 aliphatic heterocycles. The molecule has 10 nitrogen and oxygen atoms in total. The molecule has 2 aromatic carbocycles. The summed E-state index contributed by atoms with van der Waals surface area (Å²) < 4.78 is 0. The molecule has 0 unspecified atom stereocenters. The second-order valence-corrected chi connectivity index (χ2v) is 8.09. The Morgan fingerprint density at radius 2 is 1.26 bits per heavy atom. The van der Waals surface area contributed by atoms with E-state index in [1.54, 1.807) is 24.3 Å². The molecule has 9 N–H and O–H groups in total. The van der Waals surface area contributed by atoms with Crippen molar-refractivity contribution in [3.05, 3.63) is 59.7 Å². The van der Waals surface area contributed by atoms with Crippen molar-refractivity contribution >= 4 is 17.8 Å². The highest BCUT2D eigenvalue weighted by atomic mass is 16.4. The lowest BCUT2D eigenvalue weighted by molar-refractivity contribution is -0.142. The van der Waals surface area contributed by atoms with Crippen molar-refractivity contribution in [2.75, 3.05) is 6.54 Å². The fourth-order valence-corrected chi connectivity index (χ4v) is 3.36. The normalized spacial score (nSPS) is 13.5. The molecule has 0 fully saturated rings. The largest absolute Gasteiger partial charge is 0.508 e. The van der Waals surface area contributed by atoms with Gasteiger partial charge < -0.3 is 37.4 Å². The zero-order valence-electron chi connectivity index (χ0n) is 18.8. The van der Waals surface area contributed by atoms with E-state index in [1.165, 1.54) is 24.3 Å². The summed E-state index contributed by atoms with van der Waals surface area (Å²) in [5.41, 5.74) is 12.9. The van der Waals surface area contributed by atoms with Gasteiger partial charge in [0, 0.05) is 6.42 Å². The molecule has 2 rings (SSSR count). The fourth-order valence-electron chi connectivity index (χ4n) is 3.36. The van der Waals surface area contributed by atoms with Gasteiger partial charge in [-0.15, -0.1) is 0 Å².